The third-order valence-electron chi connectivity index (χ3n) is 4.28. The van der Waals surface area contributed by atoms with Crippen LogP contribution in [0, 0.1) is 6.92 Å². The Morgan fingerprint density at radius 2 is 1.96 bits per heavy atom. The van der Waals surface area contributed by atoms with Gasteiger partial charge in [0.1, 0.15) is 12.4 Å². The highest BCUT2D eigenvalue weighted by Crippen LogP contribution is 2.31. The summed E-state index contributed by atoms with van der Waals surface area (Å²) in [4.78, 5) is 4.86. The van der Waals surface area contributed by atoms with E-state index in [1.807, 2.05) is 53.3 Å². The number of hydrogen-bond donors (Lipinski definition) is 1. The molecule has 0 aliphatic carbocycles. The Morgan fingerprint density at radius 3 is 2.77 bits per heavy atom. The molecule has 0 radical (unpaired) electrons. The lowest BCUT2D eigenvalue weighted by atomic mass is 10.0. The van der Waals surface area contributed by atoms with Gasteiger partial charge in [0.2, 0.25) is 0 Å². The fraction of sp³-hybridized carbons (Fsp3) is 0.143. The third kappa shape index (κ3) is 3.05. The van der Waals surface area contributed by atoms with Gasteiger partial charge in [-0.2, -0.15) is 5.10 Å². The van der Waals surface area contributed by atoms with Crippen LogP contribution in [0.2, 0.25) is 0 Å². The van der Waals surface area contributed by atoms with Crippen LogP contribution < -0.4 is 4.74 Å². The highest BCUT2D eigenvalue weighted by Gasteiger charge is 2.11. The van der Waals surface area contributed by atoms with Crippen molar-refractivity contribution in [1.29, 1.82) is 0 Å². The van der Waals surface area contributed by atoms with Crippen molar-refractivity contribution < 1.29 is 9.84 Å². The molecule has 4 rings (SSSR count). The first kappa shape index (κ1) is 16.3. The standard InChI is InChI=1S/C21H19N3O2/c1-15-13-19(18-5-2-3-6-21(18)26-12-11-25)23-20-14-16(7-8-17(15)20)24-10-4-9-22-24/h2-10,13-14,25H,11-12H2,1H3. The molecule has 130 valence electrons. The van der Waals surface area contributed by atoms with Crippen molar-refractivity contribution in [3.63, 3.8) is 0 Å². The average molecular weight is 345 g/mol. The minimum atomic E-state index is -0.0221. The van der Waals surface area contributed by atoms with E-state index in [1.54, 1.807) is 6.20 Å². The molecule has 2 heterocycles. The van der Waals surface area contributed by atoms with E-state index in [2.05, 4.69) is 24.2 Å². The number of hydrogen-bond acceptors (Lipinski definition) is 4. The van der Waals surface area contributed by atoms with Crippen LogP contribution in [0.15, 0.2) is 67.0 Å². The number of pyridine rings is 1. The molecule has 4 aromatic rings. The van der Waals surface area contributed by atoms with Gasteiger partial charge < -0.3 is 9.84 Å². The maximum Gasteiger partial charge on any atom is 0.128 e. The quantitative estimate of drug-likeness (QED) is 0.598. The second-order valence-electron chi connectivity index (χ2n) is 6.04. The number of aliphatic hydroxyl groups excluding tert-OH is 1. The van der Waals surface area contributed by atoms with Crippen molar-refractivity contribution in [2.24, 2.45) is 0 Å². The first-order valence-corrected chi connectivity index (χ1v) is 8.51. The zero-order valence-corrected chi connectivity index (χ0v) is 14.5. The minimum absolute atomic E-state index is 0.0221. The van der Waals surface area contributed by atoms with Crippen molar-refractivity contribution in [2.45, 2.75) is 6.92 Å². The molecule has 0 amide bonds. The smallest absolute Gasteiger partial charge is 0.128 e. The zero-order chi connectivity index (χ0) is 17.9. The predicted octanol–water partition coefficient (Wildman–Crippen LogP) is 3.77. The van der Waals surface area contributed by atoms with Crippen LogP contribution in [-0.2, 0) is 0 Å². The molecule has 2 aromatic carbocycles. The Morgan fingerprint density at radius 1 is 1.08 bits per heavy atom. The van der Waals surface area contributed by atoms with Crippen molar-refractivity contribution >= 4 is 10.9 Å². The van der Waals surface area contributed by atoms with Gasteiger partial charge in [-0.05, 0) is 48.9 Å². The zero-order valence-electron chi connectivity index (χ0n) is 14.5. The second-order valence-corrected chi connectivity index (χ2v) is 6.04. The Hall–Kier alpha value is -3.18. The summed E-state index contributed by atoms with van der Waals surface area (Å²) in [7, 11) is 0. The Bertz CT molecular complexity index is 1040. The van der Waals surface area contributed by atoms with Crippen molar-refractivity contribution in [3.05, 3.63) is 72.6 Å². The van der Waals surface area contributed by atoms with Gasteiger partial charge in [0.05, 0.1) is 23.5 Å². The molecule has 0 saturated heterocycles. The molecule has 0 aliphatic heterocycles. The highest BCUT2D eigenvalue weighted by atomic mass is 16.5. The van der Waals surface area contributed by atoms with Crippen LogP contribution in [0.25, 0.3) is 27.8 Å². The molecule has 0 saturated carbocycles. The molecule has 2 aromatic heterocycles. The summed E-state index contributed by atoms with van der Waals surface area (Å²) in [6.45, 7) is 2.32. The Kier molecular flexibility index (Phi) is 4.37. The summed E-state index contributed by atoms with van der Waals surface area (Å²) in [6, 6.07) is 17.9. The number of benzene rings is 2. The van der Waals surface area contributed by atoms with Crippen LogP contribution in [0.4, 0.5) is 0 Å². The molecule has 5 nitrogen and oxygen atoms in total. The van der Waals surface area contributed by atoms with E-state index in [-0.39, 0.29) is 13.2 Å². The number of nitrogens with zero attached hydrogens (tertiary/aromatic N) is 3. The molecule has 5 heteroatoms. The lowest BCUT2D eigenvalue weighted by molar-refractivity contribution is 0.202. The number of para-hydroxylation sites is 1. The highest BCUT2D eigenvalue weighted by molar-refractivity contribution is 5.87. The number of aryl methyl sites for hydroxylation is 1. The summed E-state index contributed by atoms with van der Waals surface area (Å²) in [5, 5.41) is 14.4. The van der Waals surface area contributed by atoms with Crippen LogP contribution in [-0.4, -0.2) is 33.1 Å². The molecule has 26 heavy (non-hydrogen) atoms. The van der Waals surface area contributed by atoms with Gasteiger partial charge in [-0.1, -0.05) is 18.2 Å². The van der Waals surface area contributed by atoms with Crippen LogP contribution in [0.1, 0.15) is 5.56 Å². The molecule has 0 unspecified atom stereocenters. The summed E-state index contributed by atoms with van der Waals surface area (Å²) >= 11 is 0. The first-order chi connectivity index (χ1) is 12.8. The molecule has 0 aliphatic rings. The normalized spacial score (nSPS) is 11.0. The molecule has 0 atom stereocenters. The third-order valence-corrected chi connectivity index (χ3v) is 4.28. The maximum absolute atomic E-state index is 9.05. The van der Waals surface area contributed by atoms with Gasteiger partial charge in [-0.3, -0.25) is 0 Å². The molecule has 0 bridgehead atoms. The number of aliphatic hydroxyl groups is 1. The van der Waals surface area contributed by atoms with Crippen LogP contribution >= 0.6 is 0 Å². The first-order valence-electron chi connectivity index (χ1n) is 8.51. The SMILES string of the molecule is Cc1cc(-c2ccccc2OCCO)nc2cc(-n3cccn3)ccc12. The maximum atomic E-state index is 9.05. The van der Waals surface area contributed by atoms with Gasteiger partial charge in [-0.25, -0.2) is 9.67 Å². The van der Waals surface area contributed by atoms with E-state index >= 15 is 0 Å². The van der Waals surface area contributed by atoms with Crippen molar-refractivity contribution in [3.8, 4) is 22.7 Å². The van der Waals surface area contributed by atoms with E-state index in [9.17, 15) is 0 Å². The molecular formula is C21H19N3O2. The Balaban J connectivity index is 1.84. The van der Waals surface area contributed by atoms with Gasteiger partial charge in [0.15, 0.2) is 0 Å². The number of fused-ring (bicyclic) bond motifs is 1. The monoisotopic (exact) mass is 345 g/mol. The van der Waals surface area contributed by atoms with Crippen molar-refractivity contribution in [2.75, 3.05) is 13.2 Å². The van der Waals surface area contributed by atoms with Gasteiger partial charge in [0, 0.05) is 23.3 Å². The fourth-order valence-corrected chi connectivity index (χ4v) is 3.05. The van der Waals surface area contributed by atoms with E-state index in [4.69, 9.17) is 14.8 Å². The summed E-state index contributed by atoms with van der Waals surface area (Å²) in [5.74, 6) is 0.719. The number of aromatic nitrogens is 3. The van der Waals surface area contributed by atoms with Crippen LogP contribution in [0.3, 0.4) is 0 Å². The van der Waals surface area contributed by atoms with Crippen molar-refractivity contribution in [1.82, 2.24) is 14.8 Å². The van der Waals surface area contributed by atoms with Gasteiger partial charge in [-0.15, -0.1) is 0 Å². The Labute approximate surface area is 151 Å². The molecular weight excluding hydrogens is 326 g/mol. The van der Waals surface area contributed by atoms with E-state index in [0.29, 0.717) is 0 Å². The fourth-order valence-electron chi connectivity index (χ4n) is 3.05. The summed E-state index contributed by atoms with van der Waals surface area (Å²) in [6.07, 6.45) is 3.67. The predicted molar refractivity (Wildman–Crippen MR) is 102 cm³/mol. The van der Waals surface area contributed by atoms with Gasteiger partial charge >= 0.3 is 0 Å². The number of rotatable bonds is 5. The molecule has 1 N–H and O–H groups in total. The number of ether oxygens (including phenoxy) is 1. The summed E-state index contributed by atoms with van der Waals surface area (Å²) < 4.78 is 7.49. The molecule has 0 spiro atoms. The molecule has 0 fully saturated rings. The lowest BCUT2D eigenvalue weighted by Gasteiger charge is -2.12. The second kappa shape index (κ2) is 6.98. The summed E-state index contributed by atoms with van der Waals surface area (Å²) in [5.41, 5.74) is 4.78. The van der Waals surface area contributed by atoms with Crippen LogP contribution in [0.5, 0.6) is 5.75 Å². The van der Waals surface area contributed by atoms with E-state index < -0.39 is 0 Å². The minimum Gasteiger partial charge on any atom is -0.490 e. The average Bonchev–Trinajstić information content (AvgIpc) is 3.21. The largest absolute Gasteiger partial charge is 0.490 e. The topological polar surface area (TPSA) is 60.2 Å². The van der Waals surface area contributed by atoms with E-state index in [1.165, 1.54) is 0 Å². The lowest BCUT2D eigenvalue weighted by Crippen LogP contribution is -2.03. The van der Waals surface area contributed by atoms with Gasteiger partial charge in [0.25, 0.3) is 0 Å². The van der Waals surface area contributed by atoms with E-state index in [0.717, 1.165) is 39.2 Å².